The van der Waals surface area contributed by atoms with Gasteiger partial charge in [-0.15, -0.1) is 0 Å². The van der Waals surface area contributed by atoms with Gasteiger partial charge in [0.05, 0.1) is 28.5 Å². The van der Waals surface area contributed by atoms with Crippen molar-refractivity contribution in [3.05, 3.63) is 23.2 Å². The third kappa shape index (κ3) is 3.23. The molecule has 0 saturated carbocycles. The molecule has 110 valence electrons. The Morgan fingerprint density at radius 3 is 2.85 bits per heavy atom. The number of benzene rings is 1. The predicted molar refractivity (Wildman–Crippen MR) is 81.6 cm³/mol. The molecular formula is C14H20ClN3O2. The second-order valence-electron chi connectivity index (χ2n) is 5.07. The van der Waals surface area contributed by atoms with Crippen LogP contribution in [0.2, 0.25) is 5.02 Å². The maximum absolute atomic E-state index is 12.3. The second kappa shape index (κ2) is 6.43. The number of hydrogen-bond donors (Lipinski definition) is 2. The third-order valence-electron chi connectivity index (χ3n) is 3.43. The highest BCUT2D eigenvalue weighted by molar-refractivity contribution is 6.34. The standard InChI is InChI=1S/C14H20ClN3O2/c1-18(2)13-10(15)5-4-6-11(13)17-14(19)12-7-9(20-3)8-16-12/h4-6,9,12,16H,7-8H2,1-3H3,(H,17,19). The molecule has 1 fully saturated rings. The van der Waals surface area contributed by atoms with Crippen LogP contribution in [0.1, 0.15) is 6.42 Å². The van der Waals surface area contributed by atoms with Crippen molar-refractivity contribution in [1.29, 1.82) is 0 Å². The van der Waals surface area contributed by atoms with E-state index in [0.29, 0.717) is 18.0 Å². The topological polar surface area (TPSA) is 53.6 Å². The summed E-state index contributed by atoms with van der Waals surface area (Å²) in [5.74, 6) is -0.0603. The molecule has 2 rings (SSSR count). The van der Waals surface area contributed by atoms with E-state index in [1.165, 1.54) is 0 Å². The predicted octanol–water partition coefficient (Wildman–Crippen LogP) is 1.72. The lowest BCUT2D eigenvalue weighted by Crippen LogP contribution is -2.35. The lowest BCUT2D eigenvalue weighted by Gasteiger charge is -2.20. The molecule has 1 heterocycles. The van der Waals surface area contributed by atoms with E-state index in [4.69, 9.17) is 16.3 Å². The largest absolute Gasteiger partial charge is 0.380 e. The minimum Gasteiger partial charge on any atom is -0.380 e. The van der Waals surface area contributed by atoms with Crippen LogP contribution in [0.3, 0.4) is 0 Å². The van der Waals surface area contributed by atoms with Gasteiger partial charge < -0.3 is 20.3 Å². The van der Waals surface area contributed by atoms with Gasteiger partial charge in [-0.25, -0.2) is 0 Å². The fraction of sp³-hybridized carbons (Fsp3) is 0.500. The normalized spacial score (nSPS) is 21.8. The van der Waals surface area contributed by atoms with Crippen molar-refractivity contribution >= 4 is 28.9 Å². The van der Waals surface area contributed by atoms with Crippen LogP contribution in [0.25, 0.3) is 0 Å². The van der Waals surface area contributed by atoms with Crippen LogP contribution in [0.4, 0.5) is 11.4 Å². The Bertz CT molecular complexity index is 493. The van der Waals surface area contributed by atoms with Crippen LogP contribution in [-0.2, 0) is 9.53 Å². The van der Waals surface area contributed by atoms with Crippen LogP contribution in [0.15, 0.2) is 18.2 Å². The molecule has 1 aliphatic heterocycles. The zero-order valence-electron chi connectivity index (χ0n) is 11.9. The number of nitrogens with one attached hydrogen (secondary N) is 2. The average Bonchev–Trinajstić information content (AvgIpc) is 2.87. The molecule has 0 aromatic heterocycles. The van der Waals surface area contributed by atoms with Gasteiger partial charge in [0.1, 0.15) is 0 Å². The number of halogens is 1. The summed E-state index contributed by atoms with van der Waals surface area (Å²) < 4.78 is 5.25. The van der Waals surface area contributed by atoms with E-state index in [1.54, 1.807) is 13.2 Å². The molecule has 20 heavy (non-hydrogen) atoms. The first-order valence-electron chi connectivity index (χ1n) is 6.55. The van der Waals surface area contributed by atoms with E-state index in [-0.39, 0.29) is 18.1 Å². The van der Waals surface area contributed by atoms with Gasteiger partial charge >= 0.3 is 0 Å². The lowest BCUT2D eigenvalue weighted by atomic mass is 10.1. The number of hydrogen-bond acceptors (Lipinski definition) is 4. The molecule has 1 aliphatic rings. The quantitative estimate of drug-likeness (QED) is 0.888. The summed E-state index contributed by atoms with van der Waals surface area (Å²) in [7, 11) is 5.45. The van der Waals surface area contributed by atoms with E-state index in [9.17, 15) is 4.79 Å². The number of rotatable bonds is 4. The van der Waals surface area contributed by atoms with Crippen LogP contribution in [0, 0.1) is 0 Å². The molecule has 0 radical (unpaired) electrons. The van der Waals surface area contributed by atoms with Crippen molar-refractivity contribution in [1.82, 2.24) is 5.32 Å². The van der Waals surface area contributed by atoms with Gasteiger partial charge in [-0.1, -0.05) is 17.7 Å². The fourth-order valence-corrected chi connectivity index (χ4v) is 2.72. The van der Waals surface area contributed by atoms with Gasteiger partial charge in [0.25, 0.3) is 0 Å². The Balaban J connectivity index is 2.11. The number of para-hydroxylation sites is 1. The maximum atomic E-state index is 12.3. The first kappa shape index (κ1) is 15.1. The number of ether oxygens (including phenoxy) is 1. The number of carbonyl (C=O) groups is 1. The molecular weight excluding hydrogens is 278 g/mol. The summed E-state index contributed by atoms with van der Waals surface area (Å²) >= 11 is 6.18. The van der Waals surface area contributed by atoms with Crippen LogP contribution in [-0.4, -0.2) is 45.8 Å². The van der Waals surface area contributed by atoms with Gasteiger partial charge in [0.2, 0.25) is 5.91 Å². The Kier molecular flexibility index (Phi) is 4.86. The van der Waals surface area contributed by atoms with Crippen LogP contribution in [0.5, 0.6) is 0 Å². The van der Waals surface area contributed by atoms with E-state index in [2.05, 4.69) is 10.6 Å². The molecule has 1 amide bonds. The van der Waals surface area contributed by atoms with Crippen molar-refractivity contribution in [3.63, 3.8) is 0 Å². The molecule has 0 bridgehead atoms. The van der Waals surface area contributed by atoms with E-state index in [1.807, 2.05) is 31.1 Å². The van der Waals surface area contributed by atoms with Gasteiger partial charge in [0.15, 0.2) is 0 Å². The molecule has 0 spiro atoms. The molecule has 2 unspecified atom stereocenters. The van der Waals surface area contributed by atoms with E-state index in [0.717, 1.165) is 11.4 Å². The molecule has 2 atom stereocenters. The van der Waals surface area contributed by atoms with Crippen molar-refractivity contribution in [3.8, 4) is 0 Å². The zero-order valence-corrected chi connectivity index (χ0v) is 12.7. The molecule has 1 aromatic rings. The first-order valence-corrected chi connectivity index (χ1v) is 6.93. The van der Waals surface area contributed by atoms with Crippen molar-refractivity contribution in [2.24, 2.45) is 0 Å². The number of amides is 1. The fourth-order valence-electron chi connectivity index (χ4n) is 2.37. The van der Waals surface area contributed by atoms with E-state index < -0.39 is 0 Å². The minimum atomic E-state index is -0.228. The Hall–Kier alpha value is -1.30. The minimum absolute atomic E-state index is 0.0603. The van der Waals surface area contributed by atoms with Crippen molar-refractivity contribution in [2.45, 2.75) is 18.6 Å². The number of anilines is 2. The second-order valence-corrected chi connectivity index (χ2v) is 5.48. The molecule has 1 aromatic carbocycles. The highest BCUT2D eigenvalue weighted by Gasteiger charge is 2.29. The summed E-state index contributed by atoms with van der Waals surface area (Å²) in [6, 6.07) is 5.25. The highest BCUT2D eigenvalue weighted by atomic mass is 35.5. The SMILES string of the molecule is COC1CNC(C(=O)Nc2cccc(Cl)c2N(C)C)C1. The maximum Gasteiger partial charge on any atom is 0.241 e. The van der Waals surface area contributed by atoms with Gasteiger partial charge in [0, 0.05) is 27.7 Å². The number of carbonyl (C=O) groups excluding carboxylic acids is 1. The van der Waals surface area contributed by atoms with Gasteiger partial charge in [-0.2, -0.15) is 0 Å². The Morgan fingerprint density at radius 1 is 1.50 bits per heavy atom. The third-order valence-corrected chi connectivity index (χ3v) is 3.74. The summed E-state index contributed by atoms with van der Waals surface area (Å²) in [4.78, 5) is 14.2. The monoisotopic (exact) mass is 297 g/mol. The molecule has 6 heteroatoms. The lowest BCUT2D eigenvalue weighted by molar-refractivity contribution is -0.118. The summed E-state index contributed by atoms with van der Waals surface area (Å²) in [6.07, 6.45) is 0.777. The Morgan fingerprint density at radius 2 is 2.25 bits per heavy atom. The molecule has 2 N–H and O–H groups in total. The molecule has 1 saturated heterocycles. The van der Waals surface area contributed by atoms with Gasteiger partial charge in [-0.3, -0.25) is 4.79 Å². The van der Waals surface area contributed by atoms with E-state index >= 15 is 0 Å². The zero-order chi connectivity index (χ0) is 14.7. The summed E-state index contributed by atoms with van der Waals surface area (Å²) in [6.45, 7) is 0.699. The summed E-state index contributed by atoms with van der Waals surface area (Å²) in [5.41, 5.74) is 1.53. The summed E-state index contributed by atoms with van der Waals surface area (Å²) in [5, 5.41) is 6.71. The molecule has 0 aliphatic carbocycles. The van der Waals surface area contributed by atoms with Crippen molar-refractivity contribution in [2.75, 3.05) is 38.0 Å². The smallest absolute Gasteiger partial charge is 0.241 e. The average molecular weight is 298 g/mol. The number of nitrogens with zero attached hydrogens (tertiary/aromatic N) is 1. The first-order chi connectivity index (χ1) is 9.52. The van der Waals surface area contributed by atoms with Crippen LogP contribution >= 0.6 is 11.6 Å². The highest BCUT2D eigenvalue weighted by Crippen LogP contribution is 2.32. The Labute approximate surface area is 124 Å². The van der Waals surface area contributed by atoms with Gasteiger partial charge in [-0.05, 0) is 18.6 Å². The van der Waals surface area contributed by atoms with Crippen LogP contribution < -0.4 is 15.5 Å². The molecule has 5 nitrogen and oxygen atoms in total. The van der Waals surface area contributed by atoms with Crippen molar-refractivity contribution < 1.29 is 9.53 Å². The number of methoxy groups -OCH3 is 1.